The highest BCUT2D eigenvalue weighted by atomic mass is 15.1. The van der Waals surface area contributed by atoms with Crippen molar-refractivity contribution in [1.82, 2.24) is 4.98 Å². The second-order valence-electron chi connectivity index (χ2n) is 10.7. The van der Waals surface area contributed by atoms with Gasteiger partial charge in [-0.05, 0) is 76.2 Å². The summed E-state index contributed by atoms with van der Waals surface area (Å²) in [6.45, 7) is 0. The Kier molecular flexibility index (Phi) is 5.82. The molecule has 2 heteroatoms. The molecule has 0 fully saturated rings. The molecule has 0 atom stereocenters. The third-order valence-corrected chi connectivity index (χ3v) is 8.21. The Morgan fingerprint density at radius 1 is 0.357 bits per heavy atom. The van der Waals surface area contributed by atoms with Crippen molar-refractivity contribution in [2.45, 2.75) is 0 Å². The lowest BCUT2D eigenvalue weighted by molar-refractivity contribution is 1.30. The van der Waals surface area contributed by atoms with E-state index in [1.54, 1.807) is 0 Å². The second kappa shape index (κ2) is 10.1. The van der Waals surface area contributed by atoms with Gasteiger partial charge in [-0.15, -0.1) is 0 Å². The fourth-order valence-corrected chi connectivity index (χ4v) is 6.09. The lowest BCUT2D eigenvalue weighted by Gasteiger charge is -2.27. The zero-order valence-electron chi connectivity index (χ0n) is 23.0. The molecule has 0 saturated carbocycles. The zero-order chi connectivity index (χ0) is 27.9. The van der Waals surface area contributed by atoms with Gasteiger partial charge >= 0.3 is 0 Å². The van der Waals surface area contributed by atoms with Crippen LogP contribution in [-0.4, -0.2) is 4.98 Å². The molecule has 1 heterocycles. The number of H-pyrrole nitrogens is 1. The first-order valence-corrected chi connectivity index (χ1v) is 14.4. The molecule has 198 valence electrons. The molecular weight excluding hydrogens is 508 g/mol. The van der Waals surface area contributed by atoms with E-state index >= 15 is 0 Å². The van der Waals surface area contributed by atoms with Gasteiger partial charge in [-0.25, -0.2) is 0 Å². The van der Waals surface area contributed by atoms with Gasteiger partial charge in [0, 0.05) is 38.6 Å². The Morgan fingerprint density at radius 3 is 1.69 bits per heavy atom. The summed E-state index contributed by atoms with van der Waals surface area (Å²) in [5, 5.41) is 4.99. The van der Waals surface area contributed by atoms with Crippen molar-refractivity contribution in [3.63, 3.8) is 0 Å². The molecule has 0 bridgehead atoms. The number of anilines is 3. The summed E-state index contributed by atoms with van der Waals surface area (Å²) in [5.41, 5.74) is 10.6. The topological polar surface area (TPSA) is 19.0 Å². The third kappa shape index (κ3) is 4.22. The molecule has 8 rings (SSSR count). The Morgan fingerprint density at radius 2 is 0.905 bits per heavy atom. The number of nitrogens with one attached hydrogen (secondary N) is 1. The van der Waals surface area contributed by atoms with Gasteiger partial charge in [0.1, 0.15) is 0 Å². The molecule has 0 aliphatic heterocycles. The minimum Gasteiger partial charge on any atom is -0.355 e. The maximum absolute atomic E-state index is 3.53. The van der Waals surface area contributed by atoms with Crippen molar-refractivity contribution in [1.29, 1.82) is 0 Å². The van der Waals surface area contributed by atoms with Crippen LogP contribution < -0.4 is 4.90 Å². The van der Waals surface area contributed by atoms with Crippen LogP contribution in [0.2, 0.25) is 0 Å². The van der Waals surface area contributed by atoms with Crippen LogP contribution in [0.3, 0.4) is 0 Å². The number of nitrogens with zero attached hydrogens (tertiary/aromatic N) is 1. The van der Waals surface area contributed by atoms with Crippen molar-refractivity contribution in [2.24, 2.45) is 0 Å². The van der Waals surface area contributed by atoms with E-state index in [9.17, 15) is 0 Å². The van der Waals surface area contributed by atoms with Gasteiger partial charge in [0.2, 0.25) is 0 Å². The van der Waals surface area contributed by atoms with E-state index < -0.39 is 0 Å². The predicted molar refractivity (Wildman–Crippen MR) is 179 cm³/mol. The third-order valence-electron chi connectivity index (χ3n) is 8.21. The monoisotopic (exact) mass is 536 g/mol. The van der Waals surface area contributed by atoms with Crippen LogP contribution in [0.15, 0.2) is 164 Å². The lowest BCUT2D eigenvalue weighted by Crippen LogP contribution is -2.10. The highest BCUT2D eigenvalue weighted by Crippen LogP contribution is 2.39. The number of aromatic nitrogens is 1. The van der Waals surface area contributed by atoms with E-state index in [1.807, 2.05) is 0 Å². The van der Waals surface area contributed by atoms with E-state index in [2.05, 4.69) is 174 Å². The fraction of sp³-hybridized carbons (Fsp3) is 0. The number of aromatic amines is 1. The average Bonchev–Trinajstić information content (AvgIpc) is 3.44. The number of para-hydroxylation sites is 2. The summed E-state index contributed by atoms with van der Waals surface area (Å²) >= 11 is 0. The molecule has 0 amide bonds. The van der Waals surface area contributed by atoms with Gasteiger partial charge in [-0.2, -0.15) is 0 Å². The summed E-state index contributed by atoms with van der Waals surface area (Å²) in [6, 6.07) is 58.7. The minimum absolute atomic E-state index is 1.13. The van der Waals surface area contributed by atoms with Crippen LogP contribution in [0, 0.1) is 0 Å². The first kappa shape index (κ1) is 24.2. The first-order valence-electron chi connectivity index (χ1n) is 14.4. The normalized spacial score (nSPS) is 11.3. The standard InChI is InChI=1S/C40H28N2/c1-2-11-33(12-3-1)42(40-16-8-10-31-9-4-5-13-35(31)40)34-24-21-29(22-25-34)28-17-19-30(20-18-28)32-23-26-39-37(27-32)36-14-6-7-15-38(36)41-39/h1-27,41H. The Balaban J connectivity index is 1.13. The van der Waals surface area contributed by atoms with E-state index in [-0.39, 0.29) is 0 Å². The highest BCUT2D eigenvalue weighted by molar-refractivity contribution is 6.08. The van der Waals surface area contributed by atoms with Gasteiger partial charge in [0.15, 0.2) is 0 Å². The molecule has 1 N–H and O–H groups in total. The molecule has 0 radical (unpaired) electrons. The fourth-order valence-electron chi connectivity index (χ4n) is 6.09. The minimum atomic E-state index is 1.13. The number of fused-ring (bicyclic) bond motifs is 4. The van der Waals surface area contributed by atoms with Crippen LogP contribution in [0.5, 0.6) is 0 Å². The first-order chi connectivity index (χ1) is 20.8. The molecule has 2 nitrogen and oxygen atoms in total. The predicted octanol–water partition coefficient (Wildman–Crippen LogP) is 11.3. The number of benzene rings is 7. The van der Waals surface area contributed by atoms with Crippen molar-refractivity contribution in [2.75, 3.05) is 4.90 Å². The van der Waals surface area contributed by atoms with Gasteiger partial charge in [-0.1, -0.05) is 115 Å². The summed E-state index contributed by atoms with van der Waals surface area (Å²) in [4.78, 5) is 5.87. The van der Waals surface area contributed by atoms with E-state index in [4.69, 9.17) is 0 Å². The molecule has 0 aliphatic carbocycles. The summed E-state index contributed by atoms with van der Waals surface area (Å²) in [7, 11) is 0. The summed E-state index contributed by atoms with van der Waals surface area (Å²) in [5.74, 6) is 0. The smallest absolute Gasteiger partial charge is 0.0540 e. The summed E-state index contributed by atoms with van der Waals surface area (Å²) in [6.07, 6.45) is 0. The molecule has 1 aromatic heterocycles. The van der Waals surface area contributed by atoms with Crippen molar-refractivity contribution >= 4 is 49.6 Å². The molecule has 0 aliphatic rings. The molecular formula is C40H28N2. The maximum Gasteiger partial charge on any atom is 0.0540 e. The molecule has 0 unspecified atom stereocenters. The second-order valence-corrected chi connectivity index (χ2v) is 10.7. The van der Waals surface area contributed by atoms with Gasteiger partial charge < -0.3 is 9.88 Å². The van der Waals surface area contributed by atoms with Crippen molar-refractivity contribution in [3.8, 4) is 22.3 Å². The molecule has 0 saturated heterocycles. The maximum atomic E-state index is 3.53. The van der Waals surface area contributed by atoms with Crippen LogP contribution in [-0.2, 0) is 0 Å². The van der Waals surface area contributed by atoms with Crippen LogP contribution in [0.25, 0.3) is 54.8 Å². The average molecular weight is 537 g/mol. The van der Waals surface area contributed by atoms with Crippen molar-refractivity contribution < 1.29 is 0 Å². The van der Waals surface area contributed by atoms with Crippen molar-refractivity contribution in [3.05, 3.63) is 164 Å². The van der Waals surface area contributed by atoms with Crippen LogP contribution in [0.4, 0.5) is 17.1 Å². The quantitative estimate of drug-likeness (QED) is 0.232. The molecule has 7 aromatic carbocycles. The molecule has 8 aromatic rings. The van der Waals surface area contributed by atoms with Gasteiger partial charge in [0.05, 0.1) is 5.69 Å². The number of hydrogen-bond acceptors (Lipinski definition) is 1. The Bertz CT molecular complexity index is 2170. The highest BCUT2D eigenvalue weighted by Gasteiger charge is 2.15. The van der Waals surface area contributed by atoms with Crippen LogP contribution in [0.1, 0.15) is 0 Å². The van der Waals surface area contributed by atoms with E-state index in [0.29, 0.717) is 0 Å². The zero-order valence-corrected chi connectivity index (χ0v) is 23.0. The lowest BCUT2D eigenvalue weighted by atomic mass is 9.98. The number of hydrogen-bond donors (Lipinski definition) is 1. The van der Waals surface area contributed by atoms with E-state index in [1.165, 1.54) is 60.5 Å². The largest absolute Gasteiger partial charge is 0.355 e. The van der Waals surface area contributed by atoms with E-state index in [0.717, 1.165) is 11.4 Å². The van der Waals surface area contributed by atoms with Gasteiger partial charge in [0.25, 0.3) is 0 Å². The molecule has 0 spiro atoms. The number of rotatable bonds is 5. The Labute approximate surface area is 245 Å². The Hall–Kier alpha value is -5.60. The SMILES string of the molecule is c1ccc(N(c2ccc(-c3ccc(-c4ccc5[nH]c6ccccc6c5c4)cc3)cc2)c2cccc3ccccc23)cc1. The van der Waals surface area contributed by atoms with Crippen LogP contribution >= 0.6 is 0 Å². The summed E-state index contributed by atoms with van der Waals surface area (Å²) < 4.78 is 0. The molecule has 42 heavy (non-hydrogen) atoms. The van der Waals surface area contributed by atoms with Gasteiger partial charge in [-0.3, -0.25) is 0 Å².